The number of hydrogen-bond donors (Lipinski definition) is 1. The van der Waals surface area contributed by atoms with Crippen LogP contribution in [0.3, 0.4) is 0 Å². The predicted molar refractivity (Wildman–Crippen MR) is 93.7 cm³/mol. The minimum Gasteiger partial charge on any atom is -0.295 e. The Balaban J connectivity index is 2.23. The van der Waals surface area contributed by atoms with Crippen molar-refractivity contribution in [2.24, 2.45) is 12.5 Å². The quantitative estimate of drug-likeness (QED) is 0.788. The molecule has 3 aromatic rings. The van der Waals surface area contributed by atoms with E-state index in [4.69, 9.17) is 0 Å². The van der Waals surface area contributed by atoms with Gasteiger partial charge in [0.25, 0.3) is 0 Å². The third kappa shape index (κ3) is 2.60. The fourth-order valence-corrected chi connectivity index (χ4v) is 3.17. The van der Waals surface area contributed by atoms with Gasteiger partial charge < -0.3 is 0 Å². The zero-order valence-corrected chi connectivity index (χ0v) is 14.7. The van der Waals surface area contributed by atoms with Gasteiger partial charge >= 0.3 is 5.69 Å². The van der Waals surface area contributed by atoms with Crippen molar-refractivity contribution in [2.45, 2.75) is 41.2 Å². The Morgan fingerprint density at radius 3 is 2.43 bits per heavy atom. The minimum atomic E-state index is 0.0349. The number of fused-ring (bicyclic) bond motifs is 1. The van der Waals surface area contributed by atoms with Crippen molar-refractivity contribution in [2.75, 3.05) is 0 Å². The van der Waals surface area contributed by atoms with Crippen LogP contribution >= 0.6 is 0 Å². The number of aryl methyl sites for hydroxylation is 3. The summed E-state index contributed by atoms with van der Waals surface area (Å²) in [6.07, 6.45) is 0. The van der Waals surface area contributed by atoms with Crippen LogP contribution in [-0.2, 0) is 13.6 Å². The summed E-state index contributed by atoms with van der Waals surface area (Å²) in [6, 6.07) is 6.20. The molecule has 0 radical (unpaired) electrons. The number of hydrogen-bond acceptors (Lipinski definition) is 2. The predicted octanol–water partition coefficient (Wildman–Crippen LogP) is 3.39. The van der Waals surface area contributed by atoms with Crippen molar-refractivity contribution in [1.29, 1.82) is 0 Å². The van der Waals surface area contributed by atoms with Crippen LogP contribution in [0, 0.1) is 19.3 Å². The number of nitrogens with one attached hydrogen (secondary N) is 1. The van der Waals surface area contributed by atoms with Gasteiger partial charge in [0.15, 0.2) is 0 Å². The van der Waals surface area contributed by atoms with Gasteiger partial charge in [0.2, 0.25) is 0 Å². The molecule has 0 amide bonds. The smallest absolute Gasteiger partial charge is 0.295 e. The van der Waals surface area contributed by atoms with E-state index in [0.29, 0.717) is 6.54 Å². The summed E-state index contributed by atoms with van der Waals surface area (Å²) in [5, 5.41) is 7.29. The first-order valence-electron chi connectivity index (χ1n) is 7.90. The van der Waals surface area contributed by atoms with Gasteiger partial charge in [0, 0.05) is 24.8 Å². The van der Waals surface area contributed by atoms with Crippen molar-refractivity contribution < 1.29 is 0 Å². The Morgan fingerprint density at radius 1 is 1.17 bits per heavy atom. The lowest BCUT2D eigenvalue weighted by Crippen LogP contribution is -2.27. The highest BCUT2D eigenvalue weighted by Crippen LogP contribution is 2.29. The maximum absolute atomic E-state index is 12.6. The van der Waals surface area contributed by atoms with Crippen LogP contribution < -0.4 is 5.69 Å². The Labute approximate surface area is 135 Å². The average molecular weight is 312 g/mol. The van der Waals surface area contributed by atoms with Gasteiger partial charge in [0.05, 0.1) is 16.7 Å². The van der Waals surface area contributed by atoms with Crippen molar-refractivity contribution in [3.63, 3.8) is 0 Å². The van der Waals surface area contributed by atoms with E-state index in [1.807, 2.05) is 31.5 Å². The Kier molecular flexibility index (Phi) is 3.47. The molecular weight excluding hydrogens is 288 g/mol. The zero-order valence-electron chi connectivity index (χ0n) is 14.7. The summed E-state index contributed by atoms with van der Waals surface area (Å²) in [5.41, 5.74) is 6.24. The number of H-pyrrole nitrogens is 1. The summed E-state index contributed by atoms with van der Waals surface area (Å²) in [7, 11) is 1.84. The molecule has 0 atom stereocenters. The van der Waals surface area contributed by atoms with E-state index in [1.165, 1.54) is 0 Å². The molecule has 5 nitrogen and oxygen atoms in total. The Hall–Kier alpha value is -2.30. The molecule has 0 spiro atoms. The second-order valence-electron chi connectivity index (χ2n) is 7.50. The van der Waals surface area contributed by atoms with Crippen LogP contribution in [0.5, 0.6) is 0 Å². The van der Waals surface area contributed by atoms with E-state index >= 15 is 0 Å². The second-order valence-corrected chi connectivity index (χ2v) is 7.50. The lowest BCUT2D eigenvalue weighted by molar-refractivity contribution is 0.342. The maximum atomic E-state index is 12.6. The molecule has 122 valence electrons. The Bertz CT molecular complexity index is 915. The normalized spacial score (nSPS) is 12.3. The number of imidazole rings is 1. The first-order chi connectivity index (χ1) is 10.7. The standard InChI is InChI=1S/C18H24N4O/c1-11-16(12(2)20-19-11)13-7-8-14-15(9-13)21(6)17(23)22(14)10-18(3,4)5/h7-9H,10H2,1-6H3,(H,19,20). The van der Waals surface area contributed by atoms with Gasteiger partial charge in [-0.05, 0) is 37.0 Å². The second kappa shape index (κ2) is 5.11. The Morgan fingerprint density at radius 2 is 1.87 bits per heavy atom. The number of aromatic nitrogens is 4. The van der Waals surface area contributed by atoms with Gasteiger partial charge in [0.1, 0.15) is 0 Å². The molecule has 23 heavy (non-hydrogen) atoms. The van der Waals surface area contributed by atoms with E-state index in [0.717, 1.165) is 33.5 Å². The van der Waals surface area contributed by atoms with E-state index < -0.39 is 0 Å². The van der Waals surface area contributed by atoms with Crippen molar-refractivity contribution in [1.82, 2.24) is 19.3 Å². The van der Waals surface area contributed by atoms with Crippen LogP contribution in [0.25, 0.3) is 22.2 Å². The van der Waals surface area contributed by atoms with E-state index in [1.54, 1.807) is 4.57 Å². The monoisotopic (exact) mass is 312 g/mol. The van der Waals surface area contributed by atoms with Crippen LogP contribution in [0.15, 0.2) is 23.0 Å². The summed E-state index contributed by atoms with van der Waals surface area (Å²) in [4.78, 5) is 12.6. The molecule has 2 aromatic heterocycles. The molecule has 0 fully saturated rings. The van der Waals surface area contributed by atoms with Gasteiger partial charge in [-0.3, -0.25) is 14.2 Å². The topological polar surface area (TPSA) is 55.6 Å². The number of rotatable bonds is 2. The van der Waals surface area contributed by atoms with E-state index in [2.05, 4.69) is 43.1 Å². The summed E-state index contributed by atoms with van der Waals surface area (Å²) in [6.45, 7) is 11.1. The average Bonchev–Trinajstić information content (AvgIpc) is 2.90. The lowest BCUT2D eigenvalue weighted by Gasteiger charge is -2.18. The first-order valence-corrected chi connectivity index (χ1v) is 7.90. The molecular formula is C18H24N4O. The van der Waals surface area contributed by atoms with Crippen molar-refractivity contribution in [3.05, 3.63) is 40.1 Å². The van der Waals surface area contributed by atoms with Crippen LogP contribution in [0.4, 0.5) is 0 Å². The van der Waals surface area contributed by atoms with Crippen molar-refractivity contribution in [3.8, 4) is 11.1 Å². The number of aromatic amines is 1. The molecule has 0 bridgehead atoms. The highest BCUT2D eigenvalue weighted by molar-refractivity contribution is 5.83. The molecule has 3 rings (SSSR count). The molecule has 0 aliphatic heterocycles. The first kappa shape index (κ1) is 15.6. The number of nitrogens with zero attached hydrogens (tertiary/aromatic N) is 3. The van der Waals surface area contributed by atoms with Gasteiger partial charge in [-0.25, -0.2) is 4.79 Å². The number of benzene rings is 1. The summed E-state index contributed by atoms with van der Waals surface area (Å²) < 4.78 is 3.60. The van der Waals surface area contributed by atoms with Gasteiger partial charge in [-0.2, -0.15) is 5.10 Å². The van der Waals surface area contributed by atoms with Crippen LogP contribution in [0.2, 0.25) is 0 Å². The fourth-order valence-electron chi connectivity index (χ4n) is 3.17. The zero-order chi connectivity index (χ0) is 16.9. The fraction of sp³-hybridized carbons (Fsp3) is 0.444. The van der Waals surface area contributed by atoms with Crippen molar-refractivity contribution >= 4 is 11.0 Å². The molecule has 0 saturated carbocycles. The molecule has 2 heterocycles. The molecule has 5 heteroatoms. The third-order valence-electron chi connectivity index (χ3n) is 4.19. The van der Waals surface area contributed by atoms with E-state index in [-0.39, 0.29) is 11.1 Å². The van der Waals surface area contributed by atoms with Crippen LogP contribution in [0.1, 0.15) is 32.2 Å². The third-order valence-corrected chi connectivity index (χ3v) is 4.19. The molecule has 0 aliphatic rings. The van der Waals surface area contributed by atoms with Gasteiger partial charge in [-0.1, -0.05) is 26.8 Å². The van der Waals surface area contributed by atoms with E-state index in [9.17, 15) is 4.79 Å². The molecule has 0 unspecified atom stereocenters. The SMILES string of the molecule is Cc1n[nH]c(C)c1-c1ccc2c(c1)n(C)c(=O)n2CC(C)(C)C. The lowest BCUT2D eigenvalue weighted by atomic mass is 9.97. The highest BCUT2D eigenvalue weighted by atomic mass is 16.1. The molecule has 1 N–H and O–H groups in total. The van der Waals surface area contributed by atoms with Crippen LogP contribution in [-0.4, -0.2) is 19.3 Å². The minimum absolute atomic E-state index is 0.0349. The largest absolute Gasteiger partial charge is 0.328 e. The highest BCUT2D eigenvalue weighted by Gasteiger charge is 2.18. The maximum Gasteiger partial charge on any atom is 0.328 e. The van der Waals surface area contributed by atoms with Gasteiger partial charge in [-0.15, -0.1) is 0 Å². The molecule has 0 aliphatic carbocycles. The molecule has 0 saturated heterocycles. The molecule has 1 aromatic carbocycles. The summed E-state index contributed by atoms with van der Waals surface area (Å²) in [5.74, 6) is 0. The summed E-state index contributed by atoms with van der Waals surface area (Å²) >= 11 is 0.